The Morgan fingerprint density at radius 2 is 1.96 bits per heavy atom. The molecule has 27 heavy (non-hydrogen) atoms. The van der Waals surface area contributed by atoms with Gasteiger partial charge >= 0.3 is 0 Å². The number of amides is 1. The molecule has 3 aromatic rings. The summed E-state index contributed by atoms with van der Waals surface area (Å²) >= 11 is 0. The summed E-state index contributed by atoms with van der Waals surface area (Å²) < 4.78 is 16.6. The van der Waals surface area contributed by atoms with Crippen molar-refractivity contribution < 1.29 is 9.18 Å². The van der Waals surface area contributed by atoms with Crippen molar-refractivity contribution in [1.29, 1.82) is 0 Å². The number of carbonyl (C=O) groups is 1. The number of benzene rings is 1. The van der Waals surface area contributed by atoms with Crippen LogP contribution in [0.4, 0.5) is 10.2 Å². The molecule has 140 valence electrons. The fourth-order valence-electron chi connectivity index (χ4n) is 2.89. The second kappa shape index (κ2) is 7.99. The number of halogens is 1. The van der Waals surface area contributed by atoms with E-state index in [1.807, 2.05) is 13.8 Å². The van der Waals surface area contributed by atoms with Crippen LogP contribution in [0.25, 0.3) is 11.8 Å². The lowest BCUT2D eigenvalue weighted by molar-refractivity contribution is -0.111. The van der Waals surface area contributed by atoms with E-state index in [0.29, 0.717) is 5.82 Å². The van der Waals surface area contributed by atoms with Gasteiger partial charge in [0.25, 0.3) is 0 Å². The standard InChI is InChI=1S/C20H22FN5O/c1-4-13-25-19(11-12-22-25)23-20(27)10-9-18-14(2)24-26(15(18)3)17-7-5-16(21)6-8-17/h5-12H,4,13H2,1-3H3,(H,23,27)/b10-9+. The highest BCUT2D eigenvalue weighted by atomic mass is 19.1. The number of hydrogen-bond donors (Lipinski definition) is 1. The summed E-state index contributed by atoms with van der Waals surface area (Å²) in [4.78, 5) is 12.3. The van der Waals surface area contributed by atoms with E-state index in [0.717, 1.165) is 35.6 Å². The third-order valence-corrected chi connectivity index (χ3v) is 4.22. The van der Waals surface area contributed by atoms with Crippen LogP contribution in [-0.2, 0) is 11.3 Å². The van der Waals surface area contributed by atoms with E-state index in [2.05, 4.69) is 22.4 Å². The smallest absolute Gasteiger partial charge is 0.249 e. The predicted octanol–water partition coefficient (Wildman–Crippen LogP) is 3.89. The molecule has 0 unspecified atom stereocenters. The van der Waals surface area contributed by atoms with Crippen LogP contribution in [0.1, 0.15) is 30.3 Å². The van der Waals surface area contributed by atoms with E-state index in [-0.39, 0.29) is 11.7 Å². The van der Waals surface area contributed by atoms with Crippen molar-refractivity contribution >= 4 is 17.8 Å². The molecule has 1 aromatic carbocycles. The van der Waals surface area contributed by atoms with Gasteiger partial charge in [-0.25, -0.2) is 13.8 Å². The minimum Gasteiger partial charge on any atom is -0.307 e. The Bertz CT molecular complexity index is 969. The fourth-order valence-corrected chi connectivity index (χ4v) is 2.89. The molecule has 2 aromatic heterocycles. The molecule has 1 N–H and O–H groups in total. The van der Waals surface area contributed by atoms with Crippen molar-refractivity contribution in [2.45, 2.75) is 33.7 Å². The van der Waals surface area contributed by atoms with Crippen molar-refractivity contribution in [3.05, 3.63) is 65.4 Å². The first kappa shape index (κ1) is 18.6. The minimum absolute atomic E-state index is 0.235. The molecule has 2 heterocycles. The van der Waals surface area contributed by atoms with Gasteiger partial charge in [-0.05, 0) is 50.6 Å². The van der Waals surface area contributed by atoms with Crippen LogP contribution in [0.2, 0.25) is 0 Å². The molecule has 0 bridgehead atoms. The van der Waals surface area contributed by atoms with Crippen molar-refractivity contribution in [1.82, 2.24) is 19.6 Å². The summed E-state index contributed by atoms with van der Waals surface area (Å²) in [6.45, 7) is 6.59. The monoisotopic (exact) mass is 367 g/mol. The SMILES string of the molecule is CCCn1nccc1NC(=O)/C=C/c1c(C)nn(-c2ccc(F)cc2)c1C. The number of nitrogens with one attached hydrogen (secondary N) is 1. The summed E-state index contributed by atoms with van der Waals surface area (Å²) in [5, 5.41) is 11.5. The molecule has 1 amide bonds. The molecule has 7 heteroatoms. The quantitative estimate of drug-likeness (QED) is 0.672. The number of hydrogen-bond acceptors (Lipinski definition) is 3. The maximum absolute atomic E-state index is 13.1. The largest absolute Gasteiger partial charge is 0.307 e. The van der Waals surface area contributed by atoms with Crippen LogP contribution in [0.3, 0.4) is 0 Å². The Labute approximate surface area is 157 Å². The molecule has 0 atom stereocenters. The van der Waals surface area contributed by atoms with Gasteiger partial charge in [0.2, 0.25) is 5.91 Å². The summed E-state index contributed by atoms with van der Waals surface area (Å²) in [5.74, 6) is 0.141. The van der Waals surface area contributed by atoms with E-state index in [4.69, 9.17) is 0 Å². The van der Waals surface area contributed by atoms with Crippen molar-refractivity contribution in [2.75, 3.05) is 5.32 Å². The highest BCUT2D eigenvalue weighted by Gasteiger charge is 2.11. The number of nitrogens with zero attached hydrogens (tertiary/aromatic N) is 4. The van der Waals surface area contributed by atoms with Crippen LogP contribution in [-0.4, -0.2) is 25.5 Å². The van der Waals surface area contributed by atoms with Gasteiger partial charge in [0, 0.05) is 29.9 Å². The molecular formula is C20H22FN5O. The van der Waals surface area contributed by atoms with Crippen LogP contribution in [0.5, 0.6) is 0 Å². The second-order valence-corrected chi connectivity index (χ2v) is 6.23. The first-order valence-electron chi connectivity index (χ1n) is 8.82. The number of carbonyl (C=O) groups excluding carboxylic acids is 1. The molecule has 0 aliphatic carbocycles. The van der Waals surface area contributed by atoms with E-state index in [9.17, 15) is 9.18 Å². The third kappa shape index (κ3) is 4.13. The Hall–Kier alpha value is -3.22. The summed E-state index contributed by atoms with van der Waals surface area (Å²) in [7, 11) is 0. The maximum Gasteiger partial charge on any atom is 0.249 e. The highest BCUT2D eigenvalue weighted by molar-refractivity contribution is 6.01. The molecule has 0 aliphatic heterocycles. The molecular weight excluding hydrogens is 345 g/mol. The zero-order chi connectivity index (χ0) is 19.4. The van der Waals surface area contributed by atoms with Gasteiger partial charge in [-0.15, -0.1) is 0 Å². The Morgan fingerprint density at radius 1 is 1.22 bits per heavy atom. The number of aromatic nitrogens is 4. The second-order valence-electron chi connectivity index (χ2n) is 6.23. The van der Waals surface area contributed by atoms with Gasteiger partial charge in [-0.1, -0.05) is 6.92 Å². The van der Waals surface area contributed by atoms with Gasteiger partial charge in [-0.3, -0.25) is 4.79 Å². The summed E-state index contributed by atoms with van der Waals surface area (Å²) in [6.07, 6.45) is 5.82. The molecule has 0 radical (unpaired) electrons. The summed E-state index contributed by atoms with van der Waals surface area (Å²) in [5.41, 5.74) is 3.29. The topological polar surface area (TPSA) is 64.7 Å². The van der Waals surface area contributed by atoms with Gasteiger partial charge in [0.15, 0.2) is 0 Å². The van der Waals surface area contributed by atoms with Crippen LogP contribution >= 0.6 is 0 Å². The first-order valence-corrected chi connectivity index (χ1v) is 8.82. The summed E-state index contributed by atoms with van der Waals surface area (Å²) in [6, 6.07) is 7.90. The lowest BCUT2D eigenvalue weighted by Gasteiger charge is -2.06. The molecule has 0 spiro atoms. The molecule has 0 fully saturated rings. The van der Waals surface area contributed by atoms with E-state index >= 15 is 0 Å². The predicted molar refractivity (Wildman–Crippen MR) is 103 cm³/mol. The lowest BCUT2D eigenvalue weighted by Crippen LogP contribution is -2.13. The Balaban J connectivity index is 1.78. The molecule has 6 nitrogen and oxygen atoms in total. The third-order valence-electron chi connectivity index (χ3n) is 4.22. The van der Waals surface area contributed by atoms with Crippen LogP contribution in [0.15, 0.2) is 42.6 Å². The average molecular weight is 367 g/mol. The zero-order valence-electron chi connectivity index (χ0n) is 15.6. The van der Waals surface area contributed by atoms with Crippen LogP contribution < -0.4 is 5.32 Å². The fraction of sp³-hybridized carbons (Fsp3) is 0.250. The van der Waals surface area contributed by atoms with Crippen molar-refractivity contribution in [2.24, 2.45) is 0 Å². The molecule has 3 rings (SSSR count). The van der Waals surface area contributed by atoms with Gasteiger partial charge in [-0.2, -0.15) is 10.2 Å². The van der Waals surface area contributed by atoms with Gasteiger partial charge < -0.3 is 5.32 Å². The zero-order valence-corrected chi connectivity index (χ0v) is 15.6. The molecule has 0 saturated heterocycles. The highest BCUT2D eigenvalue weighted by Crippen LogP contribution is 2.19. The van der Waals surface area contributed by atoms with E-state index < -0.39 is 0 Å². The normalized spacial score (nSPS) is 11.3. The maximum atomic E-state index is 13.1. The first-order chi connectivity index (χ1) is 13.0. The van der Waals surface area contributed by atoms with Gasteiger partial charge in [0.1, 0.15) is 11.6 Å². The van der Waals surface area contributed by atoms with Crippen molar-refractivity contribution in [3.8, 4) is 5.69 Å². The lowest BCUT2D eigenvalue weighted by atomic mass is 10.2. The van der Waals surface area contributed by atoms with Gasteiger partial charge in [0.05, 0.1) is 17.6 Å². The number of aryl methyl sites for hydroxylation is 2. The van der Waals surface area contributed by atoms with E-state index in [1.165, 1.54) is 18.2 Å². The van der Waals surface area contributed by atoms with Crippen molar-refractivity contribution in [3.63, 3.8) is 0 Å². The minimum atomic E-state index is -0.292. The Morgan fingerprint density at radius 3 is 2.67 bits per heavy atom. The molecule has 0 saturated carbocycles. The van der Waals surface area contributed by atoms with Crippen LogP contribution in [0, 0.1) is 19.7 Å². The number of anilines is 1. The number of rotatable bonds is 6. The average Bonchev–Trinajstić information content (AvgIpc) is 3.19. The Kier molecular flexibility index (Phi) is 5.49. The van der Waals surface area contributed by atoms with E-state index in [1.54, 1.807) is 39.8 Å². The molecule has 0 aliphatic rings.